The zero-order chi connectivity index (χ0) is 14.0. The monoisotopic (exact) mass is 342 g/mol. The molecule has 19 heavy (non-hydrogen) atoms. The lowest BCUT2D eigenvalue weighted by Crippen LogP contribution is -2.52. The van der Waals surface area contributed by atoms with Gasteiger partial charge in [0.25, 0.3) is 0 Å². The molecule has 1 atom stereocenters. The number of halogens is 1. The van der Waals surface area contributed by atoms with Crippen molar-refractivity contribution in [3.8, 4) is 0 Å². The van der Waals surface area contributed by atoms with E-state index in [-0.39, 0.29) is 6.04 Å². The third kappa shape index (κ3) is 3.43. The van der Waals surface area contributed by atoms with Crippen LogP contribution < -0.4 is 10.6 Å². The summed E-state index contributed by atoms with van der Waals surface area (Å²) in [4.78, 5) is 9.68. The van der Waals surface area contributed by atoms with Gasteiger partial charge in [-0.3, -0.25) is 4.90 Å². The van der Waals surface area contributed by atoms with Crippen LogP contribution in [0.15, 0.2) is 16.7 Å². The fraction of sp³-hybridized carbons (Fsp3) is 0.538. The van der Waals surface area contributed by atoms with Crippen molar-refractivity contribution in [3.63, 3.8) is 0 Å². The lowest BCUT2D eigenvalue weighted by molar-refractivity contribution is 0.238. The van der Waals surface area contributed by atoms with Crippen LogP contribution in [0.5, 0.6) is 0 Å². The molecular formula is C13H19BrN4S. The van der Waals surface area contributed by atoms with Crippen LogP contribution in [0.1, 0.15) is 12.5 Å². The summed E-state index contributed by atoms with van der Waals surface area (Å²) >= 11 is 8.54. The first-order valence-electron chi connectivity index (χ1n) is 6.39. The molecule has 0 amide bonds. The van der Waals surface area contributed by atoms with Gasteiger partial charge in [-0.15, -0.1) is 0 Å². The molecule has 104 valence electrons. The van der Waals surface area contributed by atoms with Crippen LogP contribution in [0.4, 0.5) is 5.82 Å². The molecule has 1 aromatic heterocycles. The Hall–Kier alpha value is -0.720. The largest absolute Gasteiger partial charge is 0.392 e. The Balaban J connectivity index is 1.99. The molecule has 0 radical (unpaired) electrons. The Kier molecular flexibility index (Phi) is 4.76. The normalized spacial score (nSPS) is 18.4. The van der Waals surface area contributed by atoms with E-state index >= 15 is 0 Å². The highest BCUT2D eigenvalue weighted by molar-refractivity contribution is 9.10. The zero-order valence-electron chi connectivity index (χ0n) is 11.3. The van der Waals surface area contributed by atoms with E-state index in [1.165, 1.54) is 5.56 Å². The molecule has 4 nitrogen and oxygen atoms in total. The molecule has 0 saturated carbocycles. The number of anilines is 1. The number of piperazine rings is 1. The molecule has 0 bridgehead atoms. The van der Waals surface area contributed by atoms with Crippen LogP contribution in [-0.4, -0.2) is 47.1 Å². The molecule has 6 heteroatoms. The van der Waals surface area contributed by atoms with Crippen LogP contribution in [0, 0.1) is 6.92 Å². The fourth-order valence-electron chi connectivity index (χ4n) is 2.22. The molecule has 2 heterocycles. The predicted octanol–water partition coefficient (Wildman–Crippen LogP) is 1.95. The van der Waals surface area contributed by atoms with Gasteiger partial charge in [0.15, 0.2) is 0 Å². The summed E-state index contributed by atoms with van der Waals surface area (Å²) in [5, 5.41) is 0. The molecule has 0 aromatic carbocycles. The lowest BCUT2D eigenvalue weighted by atomic mass is 10.2. The summed E-state index contributed by atoms with van der Waals surface area (Å²) in [5.41, 5.74) is 6.92. The van der Waals surface area contributed by atoms with Crippen LogP contribution in [0.2, 0.25) is 0 Å². The number of thiocarbonyl (C=S) groups is 1. The van der Waals surface area contributed by atoms with E-state index in [1.807, 2.05) is 6.20 Å². The number of aryl methyl sites for hydroxylation is 1. The van der Waals surface area contributed by atoms with E-state index in [0.29, 0.717) is 4.99 Å². The molecule has 1 aliphatic rings. The van der Waals surface area contributed by atoms with Crippen LogP contribution in [-0.2, 0) is 0 Å². The van der Waals surface area contributed by atoms with E-state index < -0.39 is 0 Å². The fourth-order valence-corrected chi connectivity index (χ4v) is 2.58. The predicted molar refractivity (Wildman–Crippen MR) is 86.7 cm³/mol. The van der Waals surface area contributed by atoms with Crippen molar-refractivity contribution in [2.24, 2.45) is 5.73 Å². The summed E-state index contributed by atoms with van der Waals surface area (Å²) in [6, 6.07) is 2.30. The highest BCUT2D eigenvalue weighted by Crippen LogP contribution is 2.21. The minimum Gasteiger partial charge on any atom is -0.392 e. The maximum atomic E-state index is 5.71. The summed E-state index contributed by atoms with van der Waals surface area (Å²) in [7, 11) is 0. The van der Waals surface area contributed by atoms with Crippen LogP contribution >= 0.6 is 28.1 Å². The molecule has 2 rings (SSSR count). The topological polar surface area (TPSA) is 45.4 Å². The van der Waals surface area contributed by atoms with Gasteiger partial charge in [-0.05, 0) is 41.4 Å². The number of rotatable bonds is 3. The van der Waals surface area contributed by atoms with Gasteiger partial charge in [0.2, 0.25) is 0 Å². The van der Waals surface area contributed by atoms with Crippen molar-refractivity contribution in [1.29, 1.82) is 0 Å². The molecule has 2 N–H and O–H groups in total. The lowest BCUT2D eigenvalue weighted by Gasteiger charge is -2.38. The highest BCUT2D eigenvalue weighted by atomic mass is 79.9. The van der Waals surface area contributed by atoms with Gasteiger partial charge in [-0.2, -0.15) is 0 Å². The van der Waals surface area contributed by atoms with Gasteiger partial charge in [0.1, 0.15) is 5.82 Å². The van der Waals surface area contributed by atoms with E-state index in [2.05, 4.69) is 50.6 Å². The summed E-state index contributed by atoms with van der Waals surface area (Å²) in [6.07, 6.45) is 1.87. The Bertz CT molecular complexity index is 472. The number of pyridine rings is 1. The molecular weight excluding hydrogens is 324 g/mol. The zero-order valence-corrected chi connectivity index (χ0v) is 13.7. The standard InChI is InChI=1S/C13H19BrN4S/c1-9-7-12(16-8-11(9)14)18-5-3-17(4-6-18)10(2)13(15)19/h7-8,10H,3-6H2,1-2H3,(H2,15,19). The smallest absolute Gasteiger partial charge is 0.128 e. The minimum atomic E-state index is 0.178. The SMILES string of the molecule is Cc1cc(N2CCN(C(C)C(N)=S)CC2)ncc1Br. The van der Waals surface area contributed by atoms with Crippen molar-refractivity contribution in [1.82, 2.24) is 9.88 Å². The minimum absolute atomic E-state index is 0.178. The van der Waals surface area contributed by atoms with Crippen LogP contribution in [0.25, 0.3) is 0 Å². The highest BCUT2D eigenvalue weighted by Gasteiger charge is 2.23. The van der Waals surface area contributed by atoms with E-state index in [0.717, 1.165) is 36.5 Å². The van der Waals surface area contributed by atoms with E-state index in [1.54, 1.807) is 0 Å². The van der Waals surface area contributed by atoms with Crippen molar-refractivity contribution >= 4 is 39.0 Å². The first-order chi connectivity index (χ1) is 8.99. The average molecular weight is 343 g/mol. The molecule has 1 fully saturated rings. The molecule has 1 aliphatic heterocycles. The van der Waals surface area contributed by atoms with Gasteiger partial charge in [0.05, 0.1) is 11.0 Å². The van der Waals surface area contributed by atoms with E-state index in [4.69, 9.17) is 18.0 Å². The maximum absolute atomic E-state index is 5.71. The second-order valence-corrected chi connectivity index (χ2v) is 6.22. The van der Waals surface area contributed by atoms with E-state index in [9.17, 15) is 0 Å². The van der Waals surface area contributed by atoms with Gasteiger partial charge < -0.3 is 10.6 Å². The number of hydrogen-bond donors (Lipinski definition) is 1. The van der Waals surface area contributed by atoms with Crippen LogP contribution in [0.3, 0.4) is 0 Å². The third-order valence-electron chi connectivity index (χ3n) is 3.63. The third-order valence-corrected chi connectivity index (χ3v) is 4.80. The summed E-state index contributed by atoms with van der Waals surface area (Å²) in [6.45, 7) is 8.01. The van der Waals surface area contributed by atoms with Gasteiger partial charge in [0, 0.05) is 36.8 Å². The van der Waals surface area contributed by atoms with Crippen molar-refractivity contribution < 1.29 is 0 Å². The van der Waals surface area contributed by atoms with Gasteiger partial charge in [-0.25, -0.2) is 4.98 Å². The Labute approximate surface area is 128 Å². The quantitative estimate of drug-likeness (QED) is 0.850. The van der Waals surface area contributed by atoms with Crippen molar-refractivity contribution in [2.75, 3.05) is 31.1 Å². The molecule has 1 aromatic rings. The first-order valence-corrected chi connectivity index (χ1v) is 7.59. The maximum Gasteiger partial charge on any atom is 0.128 e. The molecule has 1 unspecified atom stereocenters. The molecule has 1 saturated heterocycles. The summed E-state index contributed by atoms with van der Waals surface area (Å²) < 4.78 is 1.05. The van der Waals surface area contributed by atoms with Crippen molar-refractivity contribution in [3.05, 3.63) is 22.3 Å². The Morgan fingerprint density at radius 3 is 2.58 bits per heavy atom. The second kappa shape index (κ2) is 6.15. The number of aromatic nitrogens is 1. The number of nitrogens with zero attached hydrogens (tertiary/aromatic N) is 3. The molecule has 0 aliphatic carbocycles. The van der Waals surface area contributed by atoms with Gasteiger partial charge in [-0.1, -0.05) is 12.2 Å². The second-order valence-electron chi connectivity index (χ2n) is 4.89. The Morgan fingerprint density at radius 1 is 1.42 bits per heavy atom. The Morgan fingerprint density at radius 2 is 2.05 bits per heavy atom. The first kappa shape index (κ1) is 14.7. The molecule has 0 spiro atoms. The number of nitrogens with two attached hydrogens (primary N) is 1. The summed E-state index contributed by atoms with van der Waals surface area (Å²) in [5.74, 6) is 1.04. The number of hydrogen-bond acceptors (Lipinski definition) is 4. The average Bonchev–Trinajstić information content (AvgIpc) is 2.41. The van der Waals surface area contributed by atoms with Gasteiger partial charge >= 0.3 is 0 Å². The van der Waals surface area contributed by atoms with Crippen molar-refractivity contribution in [2.45, 2.75) is 19.9 Å².